The Balaban J connectivity index is 1.71. The lowest BCUT2D eigenvalue weighted by Gasteiger charge is -2.13. The molecule has 1 aliphatic rings. The minimum Gasteiger partial charge on any atom is -0.493 e. The minimum absolute atomic E-state index is 0.254. The molecule has 0 aliphatic carbocycles. The van der Waals surface area contributed by atoms with Gasteiger partial charge in [0.05, 0.1) is 11.5 Å². The van der Waals surface area contributed by atoms with Crippen molar-refractivity contribution in [2.24, 2.45) is 0 Å². The van der Waals surface area contributed by atoms with Gasteiger partial charge in [0, 0.05) is 15.7 Å². The monoisotopic (exact) mass is 502 g/mol. The number of anilines is 1. The number of halogens is 1. The number of carbonyl (C=O) groups is 3. The van der Waals surface area contributed by atoms with Gasteiger partial charge in [-0.2, -0.15) is 0 Å². The molecule has 1 heterocycles. The molecule has 3 amide bonds. The lowest BCUT2D eigenvalue weighted by atomic mass is 10.1. The highest BCUT2D eigenvalue weighted by atomic mass is 79.9. The Bertz CT molecular complexity index is 1020. The number of carbonyl (C=O) groups excluding carboxylic acids is 3. The second-order valence-electron chi connectivity index (χ2n) is 6.90. The van der Waals surface area contributed by atoms with Crippen LogP contribution in [0.5, 0.6) is 5.75 Å². The first-order chi connectivity index (χ1) is 14.9. The molecule has 2 aromatic carbocycles. The van der Waals surface area contributed by atoms with Crippen molar-refractivity contribution in [3.05, 3.63) is 63.0 Å². The Morgan fingerprint density at radius 3 is 2.58 bits per heavy atom. The van der Waals surface area contributed by atoms with Crippen LogP contribution in [0, 0.1) is 0 Å². The number of hydrogen-bond donors (Lipinski definition) is 1. The van der Waals surface area contributed by atoms with Crippen LogP contribution in [0.4, 0.5) is 10.5 Å². The molecule has 1 N–H and O–H groups in total. The number of nitrogens with one attached hydrogen (secondary N) is 1. The summed E-state index contributed by atoms with van der Waals surface area (Å²) in [6, 6.07) is 12.9. The molecule has 0 saturated carbocycles. The standard InChI is InChI=1S/C23H23BrN2O4S/c1-3-11-30-19-10-7-17(24)12-16(19)13-20-22(28)26(23(29)31-20)14-21(27)25-18-8-5-15(4-2)6-9-18/h5-10,12-13H,3-4,11,14H2,1-2H3,(H,25,27)/b20-13+. The molecule has 0 radical (unpaired) electrons. The van der Waals surface area contributed by atoms with E-state index >= 15 is 0 Å². The van der Waals surface area contributed by atoms with E-state index in [1.165, 1.54) is 0 Å². The number of thioether (sulfide) groups is 1. The molecule has 0 atom stereocenters. The summed E-state index contributed by atoms with van der Waals surface area (Å²) in [6.45, 7) is 4.26. The molecule has 2 aromatic rings. The normalized spacial score (nSPS) is 14.9. The van der Waals surface area contributed by atoms with Crippen molar-refractivity contribution in [1.82, 2.24) is 4.90 Å². The summed E-state index contributed by atoms with van der Waals surface area (Å²) < 4.78 is 6.57. The maximum atomic E-state index is 12.8. The van der Waals surface area contributed by atoms with Gasteiger partial charge >= 0.3 is 0 Å². The van der Waals surface area contributed by atoms with Crippen molar-refractivity contribution in [3.8, 4) is 5.75 Å². The van der Waals surface area contributed by atoms with E-state index in [1.807, 2.05) is 44.2 Å². The quantitative estimate of drug-likeness (QED) is 0.484. The first-order valence-corrected chi connectivity index (χ1v) is 11.6. The van der Waals surface area contributed by atoms with Crippen molar-refractivity contribution in [3.63, 3.8) is 0 Å². The number of amides is 3. The molecule has 1 fully saturated rings. The van der Waals surface area contributed by atoms with E-state index in [2.05, 4.69) is 21.2 Å². The van der Waals surface area contributed by atoms with Crippen LogP contribution in [0.3, 0.4) is 0 Å². The van der Waals surface area contributed by atoms with Crippen LogP contribution >= 0.6 is 27.7 Å². The topological polar surface area (TPSA) is 75.7 Å². The summed E-state index contributed by atoms with van der Waals surface area (Å²) in [5.41, 5.74) is 2.47. The molecule has 8 heteroatoms. The van der Waals surface area contributed by atoms with Crippen molar-refractivity contribution in [2.45, 2.75) is 26.7 Å². The van der Waals surface area contributed by atoms with Crippen molar-refractivity contribution >= 4 is 56.5 Å². The fraction of sp³-hybridized carbons (Fsp3) is 0.261. The summed E-state index contributed by atoms with van der Waals surface area (Å²) in [7, 11) is 0. The van der Waals surface area contributed by atoms with Crippen LogP contribution in [-0.2, 0) is 16.0 Å². The summed E-state index contributed by atoms with van der Waals surface area (Å²) in [5.74, 6) is -0.291. The molecule has 6 nitrogen and oxygen atoms in total. The van der Waals surface area contributed by atoms with Gasteiger partial charge in [-0.25, -0.2) is 0 Å². The number of hydrogen-bond acceptors (Lipinski definition) is 5. The Hall–Kier alpha value is -2.58. The summed E-state index contributed by atoms with van der Waals surface area (Å²) >= 11 is 4.24. The van der Waals surface area contributed by atoms with Gasteiger partial charge in [-0.3, -0.25) is 19.3 Å². The zero-order chi connectivity index (χ0) is 22.4. The highest BCUT2D eigenvalue weighted by molar-refractivity contribution is 9.10. The maximum absolute atomic E-state index is 12.8. The first-order valence-electron chi connectivity index (χ1n) is 9.97. The molecular formula is C23H23BrN2O4S. The lowest BCUT2D eigenvalue weighted by molar-refractivity contribution is -0.127. The van der Waals surface area contributed by atoms with Gasteiger partial charge < -0.3 is 10.1 Å². The van der Waals surface area contributed by atoms with E-state index in [1.54, 1.807) is 18.2 Å². The van der Waals surface area contributed by atoms with E-state index in [-0.39, 0.29) is 11.4 Å². The van der Waals surface area contributed by atoms with Gasteiger partial charge in [0.2, 0.25) is 5.91 Å². The molecule has 1 aliphatic heterocycles. The van der Waals surface area contributed by atoms with Crippen LogP contribution in [0.1, 0.15) is 31.4 Å². The third-order valence-electron chi connectivity index (χ3n) is 4.54. The fourth-order valence-corrected chi connectivity index (χ4v) is 4.13. The van der Waals surface area contributed by atoms with Crippen LogP contribution in [0.15, 0.2) is 51.8 Å². The zero-order valence-electron chi connectivity index (χ0n) is 17.3. The van der Waals surface area contributed by atoms with Gasteiger partial charge in [-0.05, 0) is 66.6 Å². The van der Waals surface area contributed by atoms with Crippen LogP contribution < -0.4 is 10.1 Å². The zero-order valence-corrected chi connectivity index (χ0v) is 19.7. The molecule has 1 saturated heterocycles. The average Bonchev–Trinajstić information content (AvgIpc) is 3.01. The molecule has 0 aromatic heterocycles. The highest BCUT2D eigenvalue weighted by Crippen LogP contribution is 2.34. The highest BCUT2D eigenvalue weighted by Gasteiger charge is 2.36. The number of aryl methyl sites for hydroxylation is 1. The average molecular weight is 503 g/mol. The number of ether oxygens (including phenoxy) is 1. The van der Waals surface area contributed by atoms with Gasteiger partial charge in [-0.1, -0.05) is 41.9 Å². The number of imide groups is 1. The predicted octanol–water partition coefficient (Wildman–Crippen LogP) is 5.48. The molecule has 31 heavy (non-hydrogen) atoms. The summed E-state index contributed by atoms with van der Waals surface area (Å²) in [5, 5.41) is 2.25. The number of benzene rings is 2. The Morgan fingerprint density at radius 1 is 1.16 bits per heavy atom. The second kappa shape index (κ2) is 10.6. The van der Waals surface area contributed by atoms with Crippen molar-refractivity contribution in [2.75, 3.05) is 18.5 Å². The molecule has 0 unspecified atom stereocenters. The van der Waals surface area contributed by atoms with Crippen molar-refractivity contribution in [1.29, 1.82) is 0 Å². The summed E-state index contributed by atoms with van der Waals surface area (Å²) in [4.78, 5) is 38.8. The third kappa shape index (κ3) is 5.98. The van der Waals surface area contributed by atoms with Crippen LogP contribution in [0.25, 0.3) is 6.08 Å². The van der Waals surface area contributed by atoms with Crippen LogP contribution in [-0.4, -0.2) is 35.1 Å². The largest absolute Gasteiger partial charge is 0.493 e. The molecule has 162 valence electrons. The SMILES string of the molecule is CCCOc1ccc(Br)cc1/C=C1/SC(=O)N(CC(=O)Nc2ccc(CC)cc2)C1=O. The first kappa shape index (κ1) is 23.1. The molecular weight excluding hydrogens is 480 g/mol. The predicted molar refractivity (Wildman–Crippen MR) is 127 cm³/mol. The third-order valence-corrected chi connectivity index (χ3v) is 5.94. The molecule has 3 rings (SSSR count). The van der Waals surface area contributed by atoms with E-state index in [9.17, 15) is 14.4 Å². The number of nitrogens with zero attached hydrogens (tertiary/aromatic N) is 1. The lowest BCUT2D eigenvalue weighted by Crippen LogP contribution is -2.36. The van der Waals surface area contributed by atoms with E-state index < -0.39 is 17.1 Å². The van der Waals surface area contributed by atoms with Gasteiger partial charge in [0.15, 0.2) is 0 Å². The van der Waals surface area contributed by atoms with E-state index in [4.69, 9.17) is 4.74 Å². The van der Waals surface area contributed by atoms with Crippen LogP contribution in [0.2, 0.25) is 0 Å². The van der Waals surface area contributed by atoms with E-state index in [0.29, 0.717) is 23.6 Å². The Morgan fingerprint density at radius 2 is 1.90 bits per heavy atom. The minimum atomic E-state index is -0.493. The van der Waals surface area contributed by atoms with Gasteiger partial charge in [0.25, 0.3) is 11.1 Å². The van der Waals surface area contributed by atoms with E-state index in [0.717, 1.165) is 39.5 Å². The number of rotatable bonds is 8. The summed E-state index contributed by atoms with van der Waals surface area (Å²) in [6.07, 6.45) is 3.38. The van der Waals surface area contributed by atoms with Crippen molar-refractivity contribution < 1.29 is 19.1 Å². The van der Waals surface area contributed by atoms with Gasteiger partial charge in [0.1, 0.15) is 12.3 Å². The molecule has 0 bridgehead atoms. The second-order valence-corrected chi connectivity index (χ2v) is 8.81. The Labute approximate surface area is 194 Å². The smallest absolute Gasteiger partial charge is 0.294 e. The Kier molecular flexibility index (Phi) is 7.92. The van der Waals surface area contributed by atoms with Gasteiger partial charge in [-0.15, -0.1) is 0 Å². The maximum Gasteiger partial charge on any atom is 0.294 e. The fourth-order valence-electron chi connectivity index (χ4n) is 2.92. The molecule has 0 spiro atoms.